The molecule has 0 saturated heterocycles. The zero-order chi connectivity index (χ0) is 13.6. The van der Waals surface area contributed by atoms with Crippen molar-refractivity contribution < 1.29 is 13.2 Å². The number of carbonyl (C=O) groups excluding carboxylic acids is 1. The van der Waals surface area contributed by atoms with E-state index in [1.807, 2.05) is 30.3 Å². The fraction of sp³-hybridized carbons (Fsp3) is 0.417. The first kappa shape index (κ1) is 14.7. The number of rotatable bonds is 6. The Hall–Kier alpha value is -1.40. The van der Waals surface area contributed by atoms with Gasteiger partial charge < -0.3 is 4.90 Å². The molecule has 0 spiro atoms. The molecule has 0 saturated carbocycles. The molecule has 0 aliphatic rings. The molecule has 1 rings (SSSR count). The van der Waals surface area contributed by atoms with Crippen molar-refractivity contribution in [2.24, 2.45) is 0 Å². The standard InChI is InChI=1S/C12H18N2O3S/c1-3-18(16,17)13-9-12(15)14(2)10-11-7-5-4-6-8-11/h4-8,13H,3,9-10H2,1-2H3. The number of likely N-dealkylation sites (N-methyl/N-ethyl adjacent to an activating group) is 1. The van der Waals surface area contributed by atoms with Crippen molar-refractivity contribution in [1.29, 1.82) is 0 Å². The Morgan fingerprint density at radius 3 is 2.44 bits per heavy atom. The number of nitrogens with zero attached hydrogens (tertiary/aromatic N) is 1. The first-order valence-corrected chi connectivity index (χ1v) is 7.35. The van der Waals surface area contributed by atoms with Gasteiger partial charge in [-0.3, -0.25) is 4.79 Å². The molecule has 1 N–H and O–H groups in total. The number of carbonyl (C=O) groups is 1. The van der Waals surface area contributed by atoms with Crippen LogP contribution in [0.4, 0.5) is 0 Å². The topological polar surface area (TPSA) is 66.5 Å². The minimum atomic E-state index is -3.32. The zero-order valence-electron chi connectivity index (χ0n) is 10.6. The van der Waals surface area contributed by atoms with Crippen molar-refractivity contribution in [3.8, 4) is 0 Å². The number of benzene rings is 1. The van der Waals surface area contributed by atoms with Crippen LogP contribution in [-0.4, -0.2) is 38.6 Å². The molecule has 0 atom stereocenters. The summed E-state index contributed by atoms with van der Waals surface area (Å²) in [5.74, 6) is -0.279. The minimum Gasteiger partial charge on any atom is -0.340 e. The van der Waals surface area contributed by atoms with Crippen LogP contribution in [0.5, 0.6) is 0 Å². The van der Waals surface area contributed by atoms with Crippen LogP contribution in [-0.2, 0) is 21.4 Å². The zero-order valence-corrected chi connectivity index (χ0v) is 11.4. The second-order valence-electron chi connectivity index (χ2n) is 3.96. The molecular weight excluding hydrogens is 252 g/mol. The van der Waals surface area contributed by atoms with Gasteiger partial charge in [-0.15, -0.1) is 0 Å². The van der Waals surface area contributed by atoms with Crippen LogP contribution in [0.3, 0.4) is 0 Å². The lowest BCUT2D eigenvalue weighted by Crippen LogP contribution is -2.38. The van der Waals surface area contributed by atoms with Gasteiger partial charge in [0.1, 0.15) is 0 Å². The normalized spacial score (nSPS) is 11.2. The van der Waals surface area contributed by atoms with Gasteiger partial charge in [-0.2, -0.15) is 0 Å². The monoisotopic (exact) mass is 270 g/mol. The molecule has 6 heteroatoms. The maximum atomic E-state index is 11.7. The minimum absolute atomic E-state index is 0.0251. The molecule has 1 aromatic rings. The summed E-state index contributed by atoms with van der Waals surface area (Å²) in [6.45, 7) is 1.80. The maximum absolute atomic E-state index is 11.7. The van der Waals surface area contributed by atoms with E-state index in [0.29, 0.717) is 6.54 Å². The Labute approximate surface area is 108 Å². The molecule has 0 heterocycles. The van der Waals surface area contributed by atoms with Crippen LogP contribution in [0.1, 0.15) is 12.5 Å². The predicted octanol–water partition coefficient (Wildman–Crippen LogP) is 0.584. The van der Waals surface area contributed by atoms with E-state index in [9.17, 15) is 13.2 Å². The molecule has 0 aromatic heterocycles. The van der Waals surface area contributed by atoms with Crippen LogP contribution >= 0.6 is 0 Å². The maximum Gasteiger partial charge on any atom is 0.237 e. The third-order valence-electron chi connectivity index (χ3n) is 2.51. The summed E-state index contributed by atoms with van der Waals surface area (Å²) < 4.78 is 24.7. The third kappa shape index (κ3) is 4.85. The first-order valence-electron chi connectivity index (χ1n) is 5.70. The molecule has 0 unspecified atom stereocenters. The van der Waals surface area contributed by atoms with Gasteiger partial charge in [0.05, 0.1) is 12.3 Å². The second kappa shape index (κ2) is 6.51. The predicted molar refractivity (Wildman–Crippen MR) is 70.4 cm³/mol. The smallest absolute Gasteiger partial charge is 0.237 e. The molecule has 0 fully saturated rings. The number of hydrogen-bond donors (Lipinski definition) is 1. The summed E-state index contributed by atoms with van der Waals surface area (Å²) in [5, 5.41) is 0. The summed E-state index contributed by atoms with van der Waals surface area (Å²) in [5.41, 5.74) is 1.01. The highest BCUT2D eigenvalue weighted by Gasteiger charge is 2.13. The number of nitrogens with one attached hydrogen (secondary N) is 1. The number of sulfonamides is 1. The van der Waals surface area contributed by atoms with E-state index >= 15 is 0 Å². The number of amides is 1. The Kier molecular flexibility index (Phi) is 5.30. The molecule has 100 valence electrons. The van der Waals surface area contributed by atoms with E-state index in [4.69, 9.17) is 0 Å². The lowest BCUT2D eigenvalue weighted by molar-refractivity contribution is -0.129. The van der Waals surface area contributed by atoms with Gasteiger partial charge in [0.2, 0.25) is 15.9 Å². The van der Waals surface area contributed by atoms with Gasteiger partial charge in [0, 0.05) is 13.6 Å². The van der Waals surface area contributed by atoms with Gasteiger partial charge in [0.15, 0.2) is 0 Å². The van der Waals surface area contributed by atoms with Crippen LogP contribution < -0.4 is 4.72 Å². The molecule has 5 nitrogen and oxygen atoms in total. The summed E-state index contributed by atoms with van der Waals surface area (Å²) in [4.78, 5) is 13.2. The summed E-state index contributed by atoms with van der Waals surface area (Å²) in [6.07, 6.45) is 0. The van der Waals surface area contributed by atoms with Crippen molar-refractivity contribution in [1.82, 2.24) is 9.62 Å². The van der Waals surface area contributed by atoms with Crippen molar-refractivity contribution in [3.05, 3.63) is 35.9 Å². The summed E-state index contributed by atoms with van der Waals surface area (Å²) in [6, 6.07) is 9.53. The molecule has 0 aliphatic heterocycles. The average molecular weight is 270 g/mol. The number of hydrogen-bond acceptors (Lipinski definition) is 3. The highest BCUT2D eigenvalue weighted by Crippen LogP contribution is 2.02. The molecular formula is C12H18N2O3S. The Balaban J connectivity index is 2.48. The van der Waals surface area contributed by atoms with Crippen LogP contribution in [0.2, 0.25) is 0 Å². The fourth-order valence-electron chi connectivity index (χ4n) is 1.35. The van der Waals surface area contributed by atoms with E-state index in [0.717, 1.165) is 5.56 Å². The Bertz CT molecular complexity index is 485. The van der Waals surface area contributed by atoms with Gasteiger partial charge >= 0.3 is 0 Å². The average Bonchev–Trinajstić information content (AvgIpc) is 2.37. The molecule has 0 bridgehead atoms. The Morgan fingerprint density at radius 2 is 1.89 bits per heavy atom. The molecule has 0 aliphatic carbocycles. The molecule has 0 radical (unpaired) electrons. The van der Waals surface area contributed by atoms with E-state index in [2.05, 4.69) is 4.72 Å². The van der Waals surface area contributed by atoms with Crippen molar-refractivity contribution in [3.63, 3.8) is 0 Å². The van der Waals surface area contributed by atoms with Crippen molar-refractivity contribution >= 4 is 15.9 Å². The molecule has 1 amide bonds. The van der Waals surface area contributed by atoms with Gasteiger partial charge in [-0.05, 0) is 12.5 Å². The molecule has 1 aromatic carbocycles. The lowest BCUT2D eigenvalue weighted by atomic mass is 10.2. The molecule has 18 heavy (non-hydrogen) atoms. The summed E-state index contributed by atoms with van der Waals surface area (Å²) in [7, 11) is -1.67. The highest BCUT2D eigenvalue weighted by molar-refractivity contribution is 7.89. The highest BCUT2D eigenvalue weighted by atomic mass is 32.2. The summed E-state index contributed by atoms with van der Waals surface area (Å²) >= 11 is 0. The quantitative estimate of drug-likeness (QED) is 0.822. The van der Waals surface area contributed by atoms with Crippen LogP contribution in [0.25, 0.3) is 0 Å². The van der Waals surface area contributed by atoms with E-state index < -0.39 is 10.0 Å². The Morgan fingerprint density at radius 1 is 1.28 bits per heavy atom. The lowest BCUT2D eigenvalue weighted by Gasteiger charge is -2.17. The van der Waals surface area contributed by atoms with Gasteiger partial charge in [-0.25, -0.2) is 13.1 Å². The van der Waals surface area contributed by atoms with Gasteiger partial charge in [-0.1, -0.05) is 30.3 Å². The third-order valence-corrected chi connectivity index (χ3v) is 3.86. The fourth-order valence-corrected chi connectivity index (χ4v) is 1.90. The van der Waals surface area contributed by atoms with Crippen LogP contribution in [0.15, 0.2) is 30.3 Å². The van der Waals surface area contributed by atoms with E-state index in [1.165, 1.54) is 11.8 Å². The van der Waals surface area contributed by atoms with E-state index in [1.54, 1.807) is 7.05 Å². The van der Waals surface area contributed by atoms with Crippen molar-refractivity contribution in [2.45, 2.75) is 13.5 Å². The first-order chi connectivity index (χ1) is 8.44. The van der Waals surface area contributed by atoms with Crippen molar-refractivity contribution in [2.75, 3.05) is 19.3 Å². The largest absolute Gasteiger partial charge is 0.340 e. The van der Waals surface area contributed by atoms with Crippen LogP contribution in [0, 0.1) is 0 Å². The van der Waals surface area contributed by atoms with E-state index in [-0.39, 0.29) is 18.2 Å². The second-order valence-corrected chi connectivity index (χ2v) is 6.06. The SMILES string of the molecule is CCS(=O)(=O)NCC(=O)N(C)Cc1ccccc1. The van der Waals surface area contributed by atoms with Gasteiger partial charge in [0.25, 0.3) is 0 Å².